The summed E-state index contributed by atoms with van der Waals surface area (Å²) >= 11 is 9.63. The zero-order valence-electron chi connectivity index (χ0n) is 14.3. The molecule has 1 aromatic carbocycles. The number of aromatic nitrogens is 2. The SMILES string of the molecule is COC(=O)c1ccc(Cl)c(NC(=O)c2c(C)nc3c(Br)cc(C)cn23)c1. The summed E-state index contributed by atoms with van der Waals surface area (Å²) in [5, 5.41) is 3.06. The number of carbonyl (C=O) groups excluding carboxylic acids is 2. The maximum atomic E-state index is 12.9. The number of nitrogens with one attached hydrogen (secondary N) is 1. The van der Waals surface area contributed by atoms with E-state index >= 15 is 0 Å². The van der Waals surface area contributed by atoms with E-state index in [-0.39, 0.29) is 5.91 Å². The fraction of sp³-hybridized carbons (Fsp3) is 0.167. The maximum absolute atomic E-state index is 12.9. The van der Waals surface area contributed by atoms with Crippen LogP contribution in [0, 0.1) is 13.8 Å². The Balaban J connectivity index is 2.03. The van der Waals surface area contributed by atoms with Gasteiger partial charge in [0, 0.05) is 6.20 Å². The van der Waals surface area contributed by atoms with Crippen molar-refractivity contribution in [1.29, 1.82) is 0 Å². The largest absolute Gasteiger partial charge is 0.465 e. The average Bonchev–Trinajstić information content (AvgIpc) is 2.92. The van der Waals surface area contributed by atoms with Gasteiger partial charge in [0.15, 0.2) is 5.65 Å². The third kappa shape index (κ3) is 3.32. The Morgan fingerprint density at radius 2 is 2.00 bits per heavy atom. The summed E-state index contributed by atoms with van der Waals surface area (Å²) < 4.78 is 7.22. The molecule has 0 atom stereocenters. The van der Waals surface area contributed by atoms with E-state index in [1.807, 2.05) is 19.2 Å². The van der Waals surface area contributed by atoms with E-state index in [9.17, 15) is 9.59 Å². The van der Waals surface area contributed by atoms with Gasteiger partial charge in [-0.3, -0.25) is 9.20 Å². The van der Waals surface area contributed by atoms with Gasteiger partial charge < -0.3 is 10.1 Å². The summed E-state index contributed by atoms with van der Waals surface area (Å²) in [5.41, 5.74) is 3.20. The Morgan fingerprint density at radius 3 is 2.69 bits per heavy atom. The zero-order chi connectivity index (χ0) is 19.0. The molecule has 3 rings (SSSR count). The number of benzene rings is 1. The van der Waals surface area contributed by atoms with Crippen molar-refractivity contribution in [2.24, 2.45) is 0 Å². The summed E-state index contributed by atoms with van der Waals surface area (Å²) in [5.74, 6) is -0.890. The topological polar surface area (TPSA) is 72.7 Å². The van der Waals surface area contributed by atoms with Crippen LogP contribution in [0.1, 0.15) is 32.1 Å². The predicted octanol–water partition coefficient (Wildman–Crippen LogP) is 4.41. The first kappa shape index (κ1) is 18.4. The first-order valence-electron chi connectivity index (χ1n) is 7.66. The molecule has 134 valence electrons. The Kier molecular flexibility index (Phi) is 5.02. The normalized spacial score (nSPS) is 10.8. The zero-order valence-corrected chi connectivity index (χ0v) is 16.6. The molecular formula is C18H15BrClN3O3. The summed E-state index contributed by atoms with van der Waals surface area (Å²) in [6.07, 6.45) is 1.83. The van der Waals surface area contributed by atoms with Crippen LogP contribution in [-0.4, -0.2) is 28.4 Å². The van der Waals surface area contributed by atoms with Crippen molar-refractivity contribution in [2.75, 3.05) is 12.4 Å². The lowest BCUT2D eigenvalue weighted by Gasteiger charge is -2.10. The van der Waals surface area contributed by atoms with E-state index in [4.69, 9.17) is 16.3 Å². The smallest absolute Gasteiger partial charge is 0.337 e. The summed E-state index contributed by atoms with van der Waals surface area (Å²) in [6, 6.07) is 6.47. The van der Waals surface area contributed by atoms with Crippen molar-refractivity contribution < 1.29 is 14.3 Å². The Morgan fingerprint density at radius 1 is 1.27 bits per heavy atom. The van der Waals surface area contributed by atoms with E-state index in [1.165, 1.54) is 25.3 Å². The molecule has 0 unspecified atom stereocenters. The second-order valence-corrected chi connectivity index (χ2v) is 7.01. The number of hydrogen-bond donors (Lipinski definition) is 1. The second-order valence-electron chi connectivity index (χ2n) is 5.75. The van der Waals surface area contributed by atoms with Crippen molar-refractivity contribution in [1.82, 2.24) is 9.38 Å². The van der Waals surface area contributed by atoms with Crippen LogP contribution >= 0.6 is 27.5 Å². The van der Waals surface area contributed by atoms with Crippen molar-refractivity contribution in [2.45, 2.75) is 13.8 Å². The number of hydrogen-bond acceptors (Lipinski definition) is 4. The molecule has 8 heteroatoms. The van der Waals surface area contributed by atoms with Gasteiger partial charge in [-0.05, 0) is 59.6 Å². The number of amides is 1. The third-order valence-corrected chi connectivity index (χ3v) is 4.75. The molecule has 0 aliphatic carbocycles. The average molecular weight is 437 g/mol. The maximum Gasteiger partial charge on any atom is 0.337 e. The molecule has 6 nitrogen and oxygen atoms in total. The predicted molar refractivity (Wildman–Crippen MR) is 103 cm³/mol. The molecule has 0 bridgehead atoms. The number of pyridine rings is 1. The quantitative estimate of drug-likeness (QED) is 0.617. The van der Waals surface area contributed by atoms with Gasteiger partial charge in [-0.1, -0.05) is 11.6 Å². The van der Waals surface area contributed by atoms with Gasteiger partial charge in [0.2, 0.25) is 0 Å². The summed E-state index contributed by atoms with van der Waals surface area (Å²) in [7, 11) is 1.29. The molecule has 0 spiro atoms. The van der Waals surface area contributed by atoms with Crippen molar-refractivity contribution in [3.63, 3.8) is 0 Å². The number of halogens is 2. The lowest BCUT2D eigenvalue weighted by molar-refractivity contribution is 0.0600. The van der Waals surface area contributed by atoms with Gasteiger partial charge >= 0.3 is 5.97 Å². The minimum absolute atomic E-state index is 0.292. The van der Waals surface area contributed by atoms with Gasteiger partial charge in [0.1, 0.15) is 5.69 Å². The standard InChI is InChI=1S/C18H15BrClN3O3/c1-9-6-12(19)16-21-10(2)15(23(16)8-9)17(24)22-14-7-11(18(25)26-3)4-5-13(14)20/h4-8H,1-3H3,(H,22,24). The van der Waals surface area contributed by atoms with E-state index in [0.717, 1.165) is 10.0 Å². The fourth-order valence-electron chi connectivity index (χ4n) is 2.67. The third-order valence-electron chi connectivity index (χ3n) is 3.84. The van der Waals surface area contributed by atoms with E-state index in [0.29, 0.717) is 33.3 Å². The van der Waals surface area contributed by atoms with Crippen LogP contribution in [0.15, 0.2) is 34.9 Å². The van der Waals surface area contributed by atoms with Crippen LogP contribution in [0.2, 0.25) is 5.02 Å². The number of fused-ring (bicyclic) bond motifs is 1. The summed E-state index contributed by atoms with van der Waals surface area (Å²) in [4.78, 5) is 29.0. The van der Waals surface area contributed by atoms with Crippen LogP contribution in [0.3, 0.4) is 0 Å². The molecule has 2 aromatic heterocycles. The number of ether oxygens (including phenoxy) is 1. The number of esters is 1. The van der Waals surface area contributed by atoms with Gasteiger partial charge in [-0.15, -0.1) is 0 Å². The fourth-order valence-corrected chi connectivity index (χ4v) is 3.47. The first-order valence-corrected chi connectivity index (χ1v) is 8.83. The molecule has 1 amide bonds. The Bertz CT molecular complexity index is 1050. The molecule has 0 fully saturated rings. The van der Waals surface area contributed by atoms with Crippen LogP contribution in [0.4, 0.5) is 5.69 Å². The molecule has 26 heavy (non-hydrogen) atoms. The summed E-state index contributed by atoms with van der Waals surface area (Å²) in [6.45, 7) is 3.69. The Labute approximate surface area is 163 Å². The highest BCUT2D eigenvalue weighted by molar-refractivity contribution is 9.10. The van der Waals surface area contributed by atoms with Gasteiger partial charge in [0.25, 0.3) is 5.91 Å². The van der Waals surface area contributed by atoms with Gasteiger partial charge in [-0.2, -0.15) is 0 Å². The monoisotopic (exact) mass is 435 g/mol. The van der Waals surface area contributed by atoms with Crippen LogP contribution in [0.25, 0.3) is 5.65 Å². The number of carbonyl (C=O) groups is 2. The van der Waals surface area contributed by atoms with E-state index in [1.54, 1.807) is 11.3 Å². The van der Waals surface area contributed by atoms with Crippen molar-refractivity contribution in [3.05, 3.63) is 62.5 Å². The molecule has 0 aliphatic rings. The molecule has 0 saturated heterocycles. The number of anilines is 1. The molecule has 2 heterocycles. The lowest BCUT2D eigenvalue weighted by atomic mass is 10.2. The second kappa shape index (κ2) is 7.09. The van der Waals surface area contributed by atoms with Gasteiger partial charge in [0.05, 0.1) is 33.5 Å². The van der Waals surface area contributed by atoms with E-state index in [2.05, 4.69) is 26.2 Å². The number of aryl methyl sites for hydroxylation is 2. The highest BCUT2D eigenvalue weighted by Gasteiger charge is 2.20. The molecule has 1 N–H and O–H groups in total. The minimum Gasteiger partial charge on any atom is -0.465 e. The minimum atomic E-state index is -0.511. The molecule has 3 aromatic rings. The molecule has 0 saturated carbocycles. The lowest BCUT2D eigenvalue weighted by Crippen LogP contribution is -2.16. The van der Waals surface area contributed by atoms with Crippen molar-refractivity contribution >= 4 is 50.7 Å². The highest BCUT2D eigenvalue weighted by Crippen LogP contribution is 2.26. The number of imidazole rings is 1. The van der Waals surface area contributed by atoms with E-state index < -0.39 is 5.97 Å². The number of rotatable bonds is 3. The Hall–Kier alpha value is -2.38. The van der Waals surface area contributed by atoms with Crippen LogP contribution in [-0.2, 0) is 4.74 Å². The number of nitrogens with zero attached hydrogens (tertiary/aromatic N) is 2. The molecular weight excluding hydrogens is 422 g/mol. The van der Waals surface area contributed by atoms with Crippen molar-refractivity contribution in [3.8, 4) is 0 Å². The number of methoxy groups -OCH3 is 1. The molecule has 0 radical (unpaired) electrons. The van der Waals surface area contributed by atoms with Gasteiger partial charge in [-0.25, -0.2) is 9.78 Å². The first-order chi connectivity index (χ1) is 12.3. The molecule has 0 aliphatic heterocycles. The highest BCUT2D eigenvalue weighted by atomic mass is 79.9. The van der Waals surface area contributed by atoms with Crippen LogP contribution < -0.4 is 5.32 Å². The van der Waals surface area contributed by atoms with Crippen LogP contribution in [0.5, 0.6) is 0 Å².